The van der Waals surface area contributed by atoms with Crippen molar-refractivity contribution in [3.8, 4) is 0 Å². The lowest BCUT2D eigenvalue weighted by molar-refractivity contribution is -0.167. The minimum atomic E-state index is -0.810. The van der Waals surface area contributed by atoms with E-state index in [9.17, 15) is 14.4 Å². The van der Waals surface area contributed by atoms with Crippen LogP contribution >= 0.6 is 0 Å². The molecule has 68 heavy (non-hydrogen) atoms. The van der Waals surface area contributed by atoms with Gasteiger partial charge in [0.1, 0.15) is 13.2 Å². The van der Waals surface area contributed by atoms with Crippen LogP contribution in [-0.4, -0.2) is 37.2 Å². The van der Waals surface area contributed by atoms with Gasteiger partial charge < -0.3 is 14.2 Å². The van der Waals surface area contributed by atoms with Gasteiger partial charge >= 0.3 is 17.9 Å². The first-order valence-electron chi connectivity index (χ1n) is 28.2. The number of carbonyl (C=O) groups is 3. The molecule has 0 aromatic heterocycles. The number of rotatable bonds is 50. The highest BCUT2D eigenvalue weighted by Gasteiger charge is 2.19. The molecule has 0 heterocycles. The molecule has 388 valence electrons. The van der Waals surface area contributed by atoms with Crippen LogP contribution in [0.5, 0.6) is 0 Å². The molecule has 0 aliphatic carbocycles. The Hall–Kier alpha value is -3.67. The predicted molar refractivity (Wildman–Crippen MR) is 293 cm³/mol. The topological polar surface area (TPSA) is 78.9 Å². The van der Waals surface area contributed by atoms with Gasteiger partial charge in [-0.05, 0) is 109 Å². The standard InChI is InChI=1S/C62H104O6/c1-4-7-10-13-16-19-22-25-28-30-31-33-34-37-40-43-46-49-52-55-61(64)67-58-59(57-66-60(63)54-51-48-45-42-39-36-27-24-21-18-15-12-9-6-3)68-62(65)56-53-50-47-44-41-38-35-32-29-26-23-20-17-14-11-8-5-2/h7,9-10,12,16,18-19,21,25-26,28-29,35,38,44,47,59H,4-6,8,11,13-15,17,20,22-24,27,30-34,36-37,39-43,45-46,48-58H2,1-3H3/b10-7-,12-9-,19-16-,21-18-,28-25-,29-26-,38-35-,47-44-. The van der Waals surface area contributed by atoms with Gasteiger partial charge in [-0.2, -0.15) is 0 Å². The van der Waals surface area contributed by atoms with Gasteiger partial charge in [0.25, 0.3) is 0 Å². The molecular formula is C62H104O6. The Morgan fingerprint density at radius 2 is 0.588 bits per heavy atom. The van der Waals surface area contributed by atoms with E-state index in [1.807, 2.05) is 0 Å². The molecule has 0 saturated heterocycles. The molecule has 0 amide bonds. The van der Waals surface area contributed by atoms with Crippen LogP contribution in [0.25, 0.3) is 0 Å². The van der Waals surface area contributed by atoms with Crippen molar-refractivity contribution in [1.82, 2.24) is 0 Å². The molecule has 1 atom stereocenters. The van der Waals surface area contributed by atoms with Crippen LogP contribution in [0, 0.1) is 0 Å². The van der Waals surface area contributed by atoms with Gasteiger partial charge in [-0.1, -0.05) is 227 Å². The van der Waals surface area contributed by atoms with Gasteiger partial charge in [0.15, 0.2) is 6.10 Å². The lowest BCUT2D eigenvalue weighted by Crippen LogP contribution is -2.30. The second-order valence-electron chi connectivity index (χ2n) is 18.4. The average Bonchev–Trinajstić information content (AvgIpc) is 3.34. The van der Waals surface area contributed by atoms with Crippen LogP contribution in [0.15, 0.2) is 97.2 Å². The number of ether oxygens (including phenoxy) is 3. The first-order chi connectivity index (χ1) is 33.5. The van der Waals surface area contributed by atoms with E-state index in [-0.39, 0.29) is 37.5 Å². The quantitative estimate of drug-likeness (QED) is 0.0262. The van der Waals surface area contributed by atoms with Gasteiger partial charge in [-0.3, -0.25) is 14.4 Å². The molecule has 0 bridgehead atoms. The van der Waals surface area contributed by atoms with E-state index in [2.05, 4.69) is 118 Å². The third kappa shape index (κ3) is 53.3. The van der Waals surface area contributed by atoms with Crippen LogP contribution in [0.1, 0.15) is 258 Å². The average molecular weight is 946 g/mol. The summed E-state index contributed by atoms with van der Waals surface area (Å²) in [4.78, 5) is 38.1. The Kier molecular flexibility index (Phi) is 52.9. The minimum absolute atomic E-state index is 0.103. The molecule has 0 spiro atoms. The summed E-state index contributed by atoms with van der Waals surface area (Å²) in [5, 5.41) is 0. The van der Waals surface area contributed by atoms with Crippen LogP contribution in [0.2, 0.25) is 0 Å². The molecule has 0 aromatic carbocycles. The molecule has 6 nitrogen and oxygen atoms in total. The summed E-state index contributed by atoms with van der Waals surface area (Å²) in [6.07, 6.45) is 74.0. The first-order valence-corrected chi connectivity index (χ1v) is 28.2. The zero-order valence-electron chi connectivity index (χ0n) is 44.3. The van der Waals surface area contributed by atoms with Crippen molar-refractivity contribution >= 4 is 17.9 Å². The van der Waals surface area contributed by atoms with Crippen LogP contribution < -0.4 is 0 Å². The minimum Gasteiger partial charge on any atom is -0.462 e. The van der Waals surface area contributed by atoms with E-state index >= 15 is 0 Å². The van der Waals surface area contributed by atoms with Gasteiger partial charge in [-0.15, -0.1) is 0 Å². The van der Waals surface area contributed by atoms with Crippen molar-refractivity contribution in [2.24, 2.45) is 0 Å². The number of allylic oxidation sites excluding steroid dienone is 16. The summed E-state index contributed by atoms with van der Waals surface area (Å²) in [6.45, 7) is 6.37. The van der Waals surface area contributed by atoms with E-state index in [4.69, 9.17) is 14.2 Å². The number of carbonyl (C=O) groups excluding carboxylic acids is 3. The molecular weight excluding hydrogens is 841 g/mol. The maximum absolute atomic E-state index is 12.8. The van der Waals surface area contributed by atoms with Crippen molar-refractivity contribution in [2.75, 3.05) is 13.2 Å². The molecule has 1 unspecified atom stereocenters. The maximum atomic E-state index is 12.8. The molecule has 0 aliphatic heterocycles. The van der Waals surface area contributed by atoms with E-state index in [0.717, 1.165) is 96.3 Å². The van der Waals surface area contributed by atoms with E-state index in [1.54, 1.807) is 0 Å². The van der Waals surface area contributed by atoms with E-state index in [0.29, 0.717) is 19.3 Å². The Bertz CT molecular complexity index is 1360. The van der Waals surface area contributed by atoms with Crippen molar-refractivity contribution in [3.63, 3.8) is 0 Å². The SMILES string of the molecule is CC/C=C\C/C=C\C/C=C\CCCCCCCCCCCC(=O)OCC(COC(=O)CCCCCCCCC/C=C\C/C=C\CC)OC(=O)CCC/C=C\C/C=C\C/C=C\CCCCCCCC. The Balaban J connectivity index is 4.46. The van der Waals surface area contributed by atoms with Crippen molar-refractivity contribution < 1.29 is 28.6 Å². The van der Waals surface area contributed by atoms with Crippen molar-refractivity contribution in [1.29, 1.82) is 0 Å². The molecule has 0 saturated carbocycles. The van der Waals surface area contributed by atoms with Crippen molar-refractivity contribution in [2.45, 2.75) is 264 Å². The zero-order chi connectivity index (χ0) is 49.3. The fraction of sp³-hybridized carbons (Fsp3) is 0.694. The highest BCUT2D eigenvalue weighted by molar-refractivity contribution is 5.71. The number of esters is 3. The predicted octanol–water partition coefficient (Wildman–Crippen LogP) is 18.9. The third-order valence-electron chi connectivity index (χ3n) is 11.8. The van der Waals surface area contributed by atoms with Crippen LogP contribution in [-0.2, 0) is 28.6 Å². The monoisotopic (exact) mass is 945 g/mol. The number of unbranched alkanes of at least 4 members (excludes halogenated alkanes) is 23. The summed E-state index contributed by atoms with van der Waals surface area (Å²) in [7, 11) is 0. The normalized spacial score (nSPS) is 12.8. The third-order valence-corrected chi connectivity index (χ3v) is 11.8. The lowest BCUT2D eigenvalue weighted by atomic mass is 10.1. The molecule has 0 aliphatic rings. The highest BCUT2D eigenvalue weighted by Crippen LogP contribution is 2.14. The number of hydrogen-bond acceptors (Lipinski definition) is 6. The van der Waals surface area contributed by atoms with Crippen LogP contribution in [0.4, 0.5) is 0 Å². The summed E-state index contributed by atoms with van der Waals surface area (Å²) < 4.78 is 16.8. The summed E-state index contributed by atoms with van der Waals surface area (Å²) in [5.41, 5.74) is 0. The largest absolute Gasteiger partial charge is 0.462 e. The van der Waals surface area contributed by atoms with Crippen molar-refractivity contribution in [3.05, 3.63) is 97.2 Å². The Morgan fingerprint density at radius 3 is 0.941 bits per heavy atom. The Labute approximate surface area is 419 Å². The fourth-order valence-corrected chi connectivity index (χ4v) is 7.63. The highest BCUT2D eigenvalue weighted by atomic mass is 16.6. The molecule has 0 rings (SSSR count). The zero-order valence-corrected chi connectivity index (χ0v) is 44.3. The number of hydrogen-bond donors (Lipinski definition) is 0. The maximum Gasteiger partial charge on any atom is 0.306 e. The van der Waals surface area contributed by atoms with Gasteiger partial charge in [0.05, 0.1) is 0 Å². The smallest absolute Gasteiger partial charge is 0.306 e. The lowest BCUT2D eigenvalue weighted by Gasteiger charge is -2.18. The molecule has 0 N–H and O–H groups in total. The second-order valence-corrected chi connectivity index (χ2v) is 18.4. The van der Waals surface area contributed by atoms with Gasteiger partial charge in [0.2, 0.25) is 0 Å². The Morgan fingerprint density at radius 1 is 0.309 bits per heavy atom. The molecule has 0 radical (unpaired) electrons. The second kappa shape index (κ2) is 55.9. The molecule has 6 heteroatoms. The molecule has 0 fully saturated rings. The van der Waals surface area contributed by atoms with Crippen LogP contribution in [0.3, 0.4) is 0 Å². The van der Waals surface area contributed by atoms with Gasteiger partial charge in [0, 0.05) is 19.3 Å². The summed E-state index contributed by atoms with van der Waals surface area (Å²) in [6, 6.07) is 0. The fourth-order valence-electron chi connectivity index (χ4n) is 7.63. The van der Waals surface area contributed by atoms with E-state index < -0.39 is 6.10 Å². The van der Waals surface area contributed by atoms with Gasteiger partial charge in [-0.25, -0.2) is 0 Å². The van der Waals surface area contributed by atoms with E-state index in [1.165, 1.54) is 116 Å². The molecule has 0 aromatic rings. The first kappa shape index (κ1) is 64.3. The summed E-state index contributed by atoms with van der Waals surface area (Å²) >= 11 is 0. The summed E-state index contributed by atoms with van der Waals surface area (Å²) in [5.74, 6) is -0.968.